The fraction of sp³-hybridized carbons (Fsp3) is 0.133. The van der Waals surface area contributed by atoms with Crippen molar-refractivity contribution < 1.29 is 22.9 Å². The van der Waals surface area contributed by atoms with Gasteiger partial charge in [-0.3, -0.25) is 9.00 Å². The Morgan fingerprint density at radius 2 is 1.81 bits per heavy atom. The van der Waals surface area contributed by atoms with E-state index in [1.165, 1.54) is 0 Å². The van der Waals surface area contributed by atoms with Crippen LogP contribution >= 0.6 is 0 Å². The third kappa shape index (κ3) is 3.72. The van der Waals surface area contributed by atoms with Crippen molar-refractivity contribution in [3.63, 3.8) is 0 Å². The summed E-state index contributed by atoms with van der Waals surface area (Å²) in [5.74, 6) is -4.06. The summed E-state index contributed by atoms with van der Waals surface area (Å²) in [6.07, 6.45) is 0. The van der Waals surface area contributed by atoms with Crippen LogP contribution in [0.25, 0.3) is 0 Å². The summed E-state index contributed by atoms with van der Waals surface area (Å²) in [6, 6.07) is 10.9. The maximum absolute atomic E-state index is 13.6. The zero-order chi connectivity index (χ0) is 15.4. The van der Waals surface area contributed by atoms with Crippen molar-refractivity contribution in [2.24, 2.45) is 0 Å². The summed E-state index contributed by atoms with van der Waals surface area (Å²) in [6.45, 7) is 0. The van der Waals surface area contributed by atoms with Crippen LogP contribution in [-0.4, -0.2) is 21.0 Å². The van der Waals surface area contributed by atoms with Gasteiger partial charge in [0.1, 0.15) is 11.6 Å². The first-order valence-electron chi connectivity index (χ1n) is 6.10. The molecule has 0 saturated carbocycles. The van der Waals surface area contributed by atoms with Crippen molar-refractivity contribution in [3.05, 3.63) is 65.7 Å². The van der Waals surface area contributed by atoms with E-state index in [0.29, 0.717) is 5.56 Å². The summed E-state index contributed by atoms with van der Waals surface area (Å²) in [5.41, 5.74) is 0.468. The number of carbonyl (C=O) groups is 1. The Kier molecular flexibility index (Phi) is 4.80. The van der Waals surface area contributed by atoms with Gasteiger partial charge in [-0.05, 0) is 23.8 Å². The highest BCUT2D eigenvalue weighted by Gasteiger charge is 2.24. The van der Waals surface area contributed by atoms with Crippen molar-refractivity contribution in [1.82, 2.24) is 0 Å². The van der Waals surface area contributed by atoms with E-state index in [1.807, 2.05) is 0 Å². The van der Waals surface area contributed by atoms with Gasteiger partial charge in [-0.25, -0.2) is 8.78 Å². The molecule has 2 aromatic carbocycles. The number of carboxylic acid groups (broad SMARTS) is 1. The molecule has 1 N–H and O–H groups in total. The van der Waals surface area contributed by atoms with E-state index in [-0.39, 0.29) is 10.6 Å². The molecule has 0 radical (unpaired) electrons. The molecule has 0 fully saturated rings. The third-order valence-electron chi connectivity index (χ3n) is 2.96. The van der Waals surface area contributed by atoms with E-state index in [2.05, 4.69) is 0 Å². The summed E-state index contributed by atoms with van der Waals surface area (Å²) < 4.78 is 38.8. The Labute approximate surface area is 122 Å². The van der Waals surface area contributed by atoms with Crippen LogP contribution in [0.4, 0.5) is 8.78 Å². The van der Waals surface area contributed by atoms with Gasteiger partial charge < -0.3 is 5.11 Å². The summed E-state index contributed by atoms with van der Waals surface area (Å²) in [5, 5.41) is 9.24. The fourth-order valence-electron chi connectivity index (χ4n) is 1.89. The standard InChI is InChI=1S/C15H12F2O3S/c16-11-6-7-13(17)14(8-11)21(20)9-12(15(18)19)10-4-2-1-3-5-10/h1-8,12H,9H2,(H,18,19). The monoisotopic (exact) mass is 310 g/mol. The lowest BCUT2D eigenvalue weighted by molar-refractivity contribution is -0.138. The Morgan fingerprint density at radius 1 is 1.14 bits per heavy atom. The number of halogens is 2. The second-order valence-corrected chi connectivity index (χ2v) is 5.85. The summed E-state index contributed by atoms with van der Waals surface area (Å²) >= 11 is 0. The van der Waals surface area contributed by atoms with E-state index in [1.54, 1.807) is 30.3 Å². The molecule has 0 aliphatic carbocycles. The smallest absolute Gasteiger partial charge is 0.311 e. The van der Waals surface area contributed by atoms with Crippen LogP contribution in [0.3, 0.4) is 0 Å². The number of hydrogen-bond acceptors (Lipinski definition) is 2. The van der Waals surface area contributed by atoms with E-state index < -0.39 is 34.3 Å². The van der Waals surface area contributed by atoms with Crippen LogP contribution in [-0.2, 0) is 15.6 Å². The predicted molar refractivity (Wildman–Crippen MR) is 74.5 cm³/mol. The first-order valence-corrected chi connectivity index (χ1v) is 7.42. The predicted octanol–water partition coefficient (Wildman–Crippen LogP) is 2.94. The van der Waals surface area contributed by atoms with Crippen molar-refractivity contribution in [2.45, 2.75) is 10.8 Å². The molecule has 0 heterocycles. The molecule has 0 spiro atoms. The molecule has 2 atom stereocenters. The number of benzene rings is 2. The quantitative estimate of drug-likeness (QED) is 0.924. The van der Waals surface area contributed by atoms with Gasteiger partial charge in [0, 0.05) is 5.75 Å². The van der Waals surface area contributed by atoms with Gasteiger partial charge in [-0.1, -0.05) is 30.3 Å². The van der Waals surface area contributed by atoms with Crippen LogP contribution < -0.4 is 0 Å². The van der Waals surface area contributed by atoms with Gasteiger partial charge in [0.25, 0.3) is 0 Å². The summed E-state index contributed by atoms with van der Waals surface area (Å²) in [4.78, 5) is 11.0. The molecule has 0 aromatic heterocycles. The van der Waals surface area contributed by atoms with E-state index >= 15 is 0 Å². The Morgan fingerprint density at radius 3 is 2.43 bits per heavy atom. The molecule has 0 amide bonds. The van der Waals surface area contributed by atoms with E-state index in [0.717, 1.165) is 18.2 Å². The molecular formula is C15H12F2O3S. The first kappa shape index (κ1) is 15.3. The van der Waals surface area contributed by atoms with Crippen LogP contribution in [0.15, 0.2) is 53.4 Å². The average molecular weight is 310 g/mol. The molecule has 2 aromatic rings. The number of rotatable bonds is 5. The Balaban J connectivity index is 2.27. The minimum atomic E-state index is -1.95. The lowest BCUT2D eigenvalue weighted by Crippen LogP contribution is -2.19. The molecule has 2 rings (SSSR count). The van der Waals surface area contributed by atoms with Crippen LogP contribution in [0, 0.1) is 11.6 Å². The SMILES string of the molecule is O=C(O)C(CS(=O)c1cc(F)ccc1F)c1ccccc1. The fourth-order valence-corrected chi connectivity index (χ4v) is 3.24. The number of hydrogen-bond donors (Lipinski definition) is 1. The van der Waals surface area contributed by atoms with Crippen LogP contribution in [0.2, 0.25) is 0 Å². The lowest BCUT2D eigenvalue weighted by atomic mass is 10.0. The molecule has 0 bridgehead atoms. The maximum Gasteiger partial charge on any atom is 0.311 e. The van der Waals surface area contributed by atoms with Crippen LogP contribution in [0.1, 0.15) is 11.5 Å². The Bertz CT molecular complexity index is 674. The first-order chi connectivity index (χ1) is 9.99. The molecular weight excluding hydrogens is 298 g/mol. The molecule has 6 heteroatoms. The Hall–Kier alpha value is -2.08. The highest BCUT2D eigenvalue weighted by Crippen LogP contribution is 2.22. The van der Waals surface area contributed by atoms with Gasteiger partial charge in [0.05, 0.1) is 21.6 Å². The second kappa shape index (κ2) is 6.58. The average Bonchev–Trinajstić information content (AvgIpc) is 2.47. The topological polar surface area (TPSA) is 54.4 Å². The molecule has 0 saturated heterocycles. The number of carboxylic acids is 1. The zero-order valence-corrected chi connectivity index (χ0v) is 11.6. The highest BCUT2D eigenvalue weighted by molar-refractivity contribution is 7.85. The lowest BCUT2D eigenvalue weighted by Gasteiger charge is -2.12. The normalized spacial score (nSPS) is 13.6. The van der Waals surface area contributed by atoms with Gasteiger partial charge >= 0.3 is 5.97 Å². The van der Waals surface area contributed by atoms with E-state index in [9.17, 15) is 22.9 Å². The molecule has 3 nitrogen and oxygen atoms in total. The van der Waals surface area contributed by atoms with Gasteiger partial charge in [-0.2, -0.15) is 0 Å². The van der Waals surface area contributed by atoms with Gasteiger partial charge in [0.15, 0.2) is 0 Å². The largest absolute Gasteiger partial charge is 0.481 e. The molecule has 0 aliphatic rings. The third-order valence-corrected chi connectivity index (χ3v) is 4.40. The van der Waals surface area contributed by atoms with Crippen molar-refractivity contribution in [2.75, 3.05) is 5.75 Å². The van der Waals surface area contributed by atoms with E-state index in [4.69, 9.17) is 0 Å². The molecule has 21 heavy (non-hydrogen) atoms. The molecule has 110 valence electrons. The van der Waals surface area contributed by atoms with Crippen molar-refractivity contribution in [3.8, 4) is 0 Å². The second-order valence-electron chi connectivity index (χ2n) is 4.39. The highest BCUT2D eigenvalue weighted by atomic mass is 32.2. The van der Waals surface area contributed by atoms with Gasteiger partial charge in [-0.15, -0.1) is 0 Å². The van der Waals surface area contributed by atoms with Crippen molar-refractivity contribution in [1.29, 1.82) is 0 Å². The molecule has 2 unspecified atom stereocenters. The minimum absolute atomic E-state index is 0.320. The molecule has 0 aliphatic heterocycles. The maximum atomic E-state index is 13.6. The minimum Gasteiger partial charge on any atom is -0.481 e. The van der Waals surface area contributed by atoms with Gasteiger partial charge in [0.2, 0.25) is 0 Å². The zero-order valence-electron chi connectivity index (χ0n) is 10.8. The summed E-state index contributed by atoms with van der Waals surface area (Å²) in [7, 11) is -1.95. The number of aliphatic carboxylic acids is 1. The van der Waals surface area contributed by atoms with Crippen molar-refractivity contribution >= 4 is 16.8 Å². The van der Waals surface area contributed by atoms with Crippen LogP contribution in [0.5, 0.6) is 0 Å².